The van der Waals surface area contributed by atoms with Crippen molar-refractivity contribution in [3.63, 3.8) is 0 Å². The number of hydrogen-bond acceptors (Lipinski definition) is 5. The van der Waals surface area contributed by atoms with E-state index in [2.05, 4.69) is 5.32 Å². The zero-order chi connectivity index (χ0) is 19.8. The lowest BCUT2D eigenvalue weighted by Gasteiger charge is -2.24. The normalized spacial score (nSPS) is 11.8. The zero-order valence-corrected chi connectivity index (χ0v) is 16.7. The van der Waals surface area contributed by atoms with Crippen molar-refractivity contribution in [2.24, 2.45) is 0 Å². The fraction of sp³-hybridized carbons (Fsp3) is 0.350. The Labute approximate surface area is 165 Å². The van der Waals surface area contributed by atoms with Crippen molar-refractivity contribution >= 4 is 23.2 Å². The number of anilines is 1. The minimum atomic E-state index is -0.327. The Morgan fingerprint density at radius 3 is 2.41 bits per heavy atom. The Kier molecular flexibility index (Phi) is 7.76. The highest BCUT2D eigenvalue weighted by atomic mass is 35.5. The lowest BCUT2D eigenvalue weighted by molar-refractivity contribution is -0.120. The van der Waals surface area contributed by atoms with E-state index in [-0.39, 0.29) is 11.9 Å². The van der Waals surface area contributed by atoms with Gasteiger partial charge in [-0.05, 0) is 50.4 Å². The first-order valence-corrected chi connectivity index (χ1v) is 8.94. The van der Waals surface area contributed by atoms with Gasteiger partial charge in [0.05, 0.1) is 20.3 Å². The molecule has 7 heteroatoms. The van der Waals surface area contributed by atoms with Gasteiger partial charge in [0.25, 0.3) is 0 Å². The summed E-state index contributed by atoms with van der Waals surface area (Å²) < 4.78 is 16.1. The van der Waals surface area contributed by atoms with Crippen LogP contribution in [-0.4, -0.2) is 51.3 Å². The fourth-order valence-electron chi connectivity index (χ4n) is 2.39. The predicted octanol–water partition coefficient (Wildman–Crippen LogP) is 3.70. The average Bonchev–Trinajstić information content (AvgIpc) is 2.68. The number of nitrogens with zero attached hydrogens (tertiary/aromatic N) is 1. The minimum absolute atomic E-state index is 0.115. The summed E-state index contributed by atoms with van der Waals surface area (Å²) in [4.78, 5) is 14.4. The molecule has 0 heterocycles. The Balaban J connectivity index is 1.85. The molecular formula is C20H25ClN2O4. The van der Waals surface area contributed by atoms with Gasteiger partial charge in [0.1, 0.15) is 12.4 Å². The summed E-state index contributed by atoms with van der Waals surface area (Å²) >= 11 is 5.85. The van der Waals surface area contributed by atoms with Crippen LogP contribution in [0.2, 0.25) is 5.02 Å². The molecule has 0 aromatic heterocycles. The summed E-state index contributed by atoms with van der Waals surface area (Å²) in [5, 5.41) is 3.56. The standard InChI is InChI=1S/C20H25ClN2O4/c1-14(23(2)11-12-27-17-8-5-15(21)6-9-17)20(24)22-16-7-10-18(25-3)19(13-16)26-4/h5-10,13-14H,11-12H2,1-4H3,(H,22,24). The number of carbonyl (C=O) groups excluding carboxylic acids is 1. The van der Waals surface area contributed by atoms with Crippen LogP contribution in [0, 0.1) is 0 Å². The molecule has 1 atom stereocenters. The number of ether oxygens (including phenoxy) is 3. The van der Waals surface area contributed by atoms with Crippen LogP contribution in [-0.2, 0) is 4.79 Å². The van der Waals surface area contributed by atoms with Gasteiger partial charge in [-0.3, -0.25) is 9.69 Å². The highest BCUT2D eigenvalue weighted by molar-refractivity contribution is 6.30. The number of nitrogens with one attached hydrogen (secondary N) is 1. The molecule has 0 aliphatic heterocycles. The second-order valence-electron chi connectivity index (χ2n) is 6.02. The molecule has 0 saturated carbocycles. The van der Waals surface area contributed by atoms with Crippen molar-refractivity contribution in [1.29, 1.82) is 0 Å². The van der Waals surface area contributed by atoms with Gasteiger partial charge < -0.3 is 19.5 Å². The van der Waals surface area contributed by atoms with Crippen LogP contribution in [0.5, 0.6) is 17.2 Å². The van der Waals surface area contributed by atoms with E-state index in [9.17, 15) is 4.79 Å². The smallest absolute Gasteiger partial charge is 0.241 e. The second-order valence-corrected chi connectivity index (χ2v) is 6.45. The number of benzene rings is 2. The summed E-state index contributed by atoms with van der Waals surface area (Å²) in [5.41, 5.74) is 0.648. The third-order valence-corrected chi connectivity index (χ3v) is 4.47. The highest BCUT2D eigenvalue weighted by Crippen LogP contribution is 2.29. The molecule has 27 heavy (non-hydrogen) atoms. The average molecular weight is 393 g/mol. The molecule has 1 N–H and O–H groups in total. The van der Waals surface area contributed by atoms with Crippen molar-refractivity contribution in [3.05, 3.63) is 47.5 Å². The quantitative estimate of drug-likeness (QED) is 0.705. The van der Waals surface area contributed by atoms with Crippen LogP contribution in [0.15, 0.2) is 42.5 Å². The molecule has 2 aromatic carbocycles. The van der Waals surface area contributed by atoms with E-state index in [1.54, 1.807) is 44.6 Å². The number of hydrogen-bond donors (Lipinski definition) is 1. The van der Waals surface area contributed by atoms with E-state index in [4.69, 9.17) is 25.8 Å². The van der Waals surface area contributed by atoms with Gasteiger partial charge in [-0.25, -0.2) is 0 Å². The SMILES string of the molecule is COc1ccc(NC(=O)C(C)N(C)CCOc2ccc(Cl)cc2)cc1OC. The maximum absolute atomic E-state index is 12.5. The Morgan fingerprint density at radius 1 is 1.11 bits per heavy atom. The van der Waals surface area contributed by atoms with E-state index >= 15 is 0 Å². The van der Waals surface area contributed by atoms with Gasteiger partial charge in [-0.15, -0.1) is 0 Å². The molecule has 0 aliphatic carbocycles. The van der Waals surface area contributed by atoms with Crippen LogP contribution >= 0.6 is 11.6 Å². The molecule has 6 nitrogen and oxygen atoms in total. The largest absolute Gasteiger partial charge is 0.493 e. The molecule has 0 fully saturated rings. The van der Waals surface area contributed by atoms with Gasteiger partial charge in [-0.2, -0.15) is 0 Å². The van der Waals surface area contributed by atoms with E-state index in [0.29, 0.717) is 35.4 Å². The van der Waals surface area contributed by atoms with Crippen LogP contribution < -0.4 is 19.5 Å². The van der Waals surface area contributed by atoms with Gasteiger partial charge in [-0.1, -0.05) is 11.6 Å². The lowest BCUT2D eigenvalue weighted by atomic mass is 10.2. The topological polar surface area (TPSA) is 60.0 Å². The zero-order valence-electron chi connectivity index (χ0n) is 16.0. The number of methoxy groups -OCH3 is 2. The first-order chi connectivity index (χ1) is 12.9. The maximum atomic E-state index is 12.5. The van der Waals surface area contributed by atoms with Crippen LogP contribution in [0.25, 0.3) is 0 Å². The molecule has 0 saturated heterocycles. The Hall–Kier alpha value is -2.44. The van der Waals surface area contributed by atoms with Crippen molar-refractivity contribution in [2.75, 3.05) is 39.7 Å². The molecular weight excluding hydrogens is 368 g/mol. The van der Waals surface area contributed by atoms with Crippen molar-refractivity contribution in [2.45, 2.75) is 13.0 Å². The minimum Gasteiger partial charge on any atom is -0.493 e. The van der Waals surface area contributed by atoms with E-state index in [1.165, 1.54) is 0 Å². The van der Waals surface area contributed by atoms with Crippen molar-refractivity contribution in [1.82, 2.24) is 4.90 Å². The van der Waals surface area contributed by atoms with Crippen molar-refractivity contribution in [3.8, 4) is 17.2 Å². The summed E-state index contributed by atoms with van der Waals surface area (Å²) in [5.74, 6) is 1.80. The molecule has 1 unspecified atom stereocenters. The lowest BCUT2D eigenvalue weighted by Crippen LogP contribution is -2.41. The molecule has 146 valence electrons. The molecule has 0 radical (unpaired) electrons. The number of likely N-dealkylation sites (N-methyl/N-ethyl adjacent to an activating group) is 1. The van der Waals surface area contributed by atoms with E-state index < -0.39 is 0 Å². The third-order valence-electron chi connectivity index (χ3n) is 4.22. The summed E-state index contributed by atoms with van der Waals surface area (Å²) in [6.45, 7) is 2.91. The van der Waals surface area contributed by atoms with Gasteiger partial charge in [0.15, 0.2) is 11.5 Å². The maximum Gasteiger partial charge on any atom is 0.241 e. The molecule has 1 amide bonds. The molecule has 0 bridgehead atoms. The fourth-order valence-corrected chi connectivity index (χ4v) is 2.52. The molecule has 2 rings (SSSR count). The molecule has 0 spiro atoms. The number of rotatable bonds is 9. The molecule has 0 aliphatic rings. The van der Waals surface area contributed by atoms with Gasteiger partial charge in [0.2, 0.25) is 5.91 Å². The van der Waals surface area contributed by atoms with E-state index in [0.717, 1.165) is 5.75 Å². The van der Waals surface area contributed by atoms with Crippen LogP contribution in [0.1, 0.15) is 6.92 Å². The second kappa shape index (κ2) is 10.0. The first kappa shape index (κ1) is 20.9. The first-order valence-electron chi connectivity index (χ1n) is 8.56. The summed E-state index contributed by atoms with van der Waals surface area (Å²) in [6, 6.07) is 12.1. The Bertz CT molecular complexity index is 752. The summed E-state index contributed by atoms with van der Waals surface area (Å²) in [7, 11) is 5.00. The third kappa shape index (κ3) is 6.05. The summed E-state index contributed by atoms with van der Waals surface area (Å²) in [6.07, 6.45) is 0. The van der Waals surface area contributed by atoms with E-state index in [1.807, 2.05) is 31.0 Å². The van der Waals surface area contributed by atoms with Crippen molar-refractivity contribution < 1.29 is 19.0 Å². The van der Waals surface area contributed by atoms with Crippen LogP contribution in [0.3, 0.4) is 0 Å². The van der Waals surface area contributed by atoms with Crippen LogP contribution in [0.4, 0.5) is 5.69 Å². The highest BCUT2D eigenvalue weighted by Gasteiger charge is 2.18. The Morgan fingerprint density at radius 2 is 1.78 bits per heavy atom. The van der Waals surface area contributed by atoms with Gasteiger partial charge >= 0.3 is 0 Å². The molecule has 2 aromatic rings. The monoisotopic (exact) mass is 392 g/mol. The van der Waals surface area contributed by atoms with Gasteiger partial charge in [0, 0.05) is 23.3 Å². The number of halogens is 1. The predicted molar refractivity (Wildman–Crippen MR) is 107 cm³/mol. The number of carbonyl (C=O) groups is 1. The number of amides is 1.